The summed E-state index contributed by atoms with van der Waals surface area (Å²) in [6.07, 6.45) is 1.54. The van der Waals surface area contributed by atoms with Crippen molar-refractivity contribution >= 4 is 24.3 Å². The third-order valence-electron chi connectivity index (χ3n) is 3.80. The van der Waals surface area contributed by atoms with E-state index in [-0.39, 0.29) is 30.1 Å². The number of benzene rings is 1. The minimum atomic E-state index is -3.43. The molecule has 0 fully saturated rings. The molecule has 0 saturated heterocycles. The van der Waals surface area contributed by atoms with E-state index in [1.54, 1.807) is 27.7 Å². The normalized spacial score (nSPS) is 13.7. The van der Waals surface area contributed by atoms with Crippen LogP contribution in [0.3, 0.4) is 0 Å². The number of aromatic nitrogens is 1. The molecule has 1 aromatic carbocycles. The molecule has 2 rings (SSSR count). The van der Waals surface area contributed by atoms with Crippen LogP contribution in [0, 0.1) is 0 Å². The molecule has 0 amide bonds. The summed E-state index contributed by atoms with van der Waals surface area (Å²) in [4.78, 5) is 15.7. The lowest BCUT2D eigenvalue weighted by atomic mass is 9.96. The molecule has 0 aliphatic heterocycles. The molecule has 0 radical (unpaired) electrons. The Hall–Kier alpha value is -1.42. The Morgan fingerprint density at radius 1 is 1.08 bits per heavy atom. The predicted octanol–water partition coefficient (Wildman–Crippen LogP) is 5.27. The van der Waals surface area contributed by atoms with Gasteiger partial charge in [0.15, 0.2) is 0 Å². The van der Waals surface area contributed by atoms with Crippen LogP contribution >= 0.6 is 7.60 Å². The molecule has 0 unspecified atom stereocenters. The number of rotatable bonds is 9. The monoisotopic (exact) mass is 365 g/mol. The van der Waals surface area contributed by atoms with E-state index in [1.807, 2.05) is 37.4 Å². The van der Waals surface area contributed by atoms with Gasteiger partial charge in [0, 0.05) is 23.5 Å². The number of carbonyl (C=O) groups is 1. The van der Waals surface area contributed by atoms with Crippen molar-refractivity contribution in [3.8, 4) is 0 Å². The van der Waals surface area contributed by atoms with Gasteiger partial charge in [-0.05, 0) is 45.2 Å². The maximum absolute atomic E-state index is 12.9. The predicted molar refractivity (Wildman–Crippen MR) is 101 cm³/mol. The van der Waals surface area contributed by atoms with Crippen molar-refractivity contribution < 1.29 is 18.4 Å². The lowest BCUT2D eigenvalue weighted by molar-refractivity contribution is -0.117. The zero-order valence-electron chi connectivity index (χ0n) is 15.6. The summed E-state index contributed by atoms with van der Waals surface area (Å²) in [5, 5.41) is 1.11. The first-order valence-electron chi connectivity index (χ1n) is 8.73. The summed E-state index contributed by atoms with van der Waals surface area (Å²) < 4.78 is 23.8. The highest BCUT2D eigenvalue weighted by Gasteiger charge is 2.31. The first-order valence-corrected chi connectivity index (χ1v) is 10.5. The molecule has 1 atom stereocenters. The van der Waals surface area contributed by atoms with E-state index in [1.165, 1.54) is 0 Å². The Bertz CT molecular complexity index is 752. The van der Waals surface area contributed by atoms with Crippen molar-refractivity contribution in [1.82, 2.24) is 4.98 Å². The Morgan fingerprint density at radius 2 is 1.68 bits per heavy atom. The van der Waals surface area contributed by atoms with Gasteiger partial charge in [-0.25, -0.2) is 0 Å². The number of carbonyl (C=O) groups excluding carboxylic acids is 1. The van der Waals surface area contributed by atoms with Crippen LogP contribution in [0.25, 0.3) is 10.9 Å². The van der Waals surface area contributed by atoms with E-state index < -0.39 is 7.60 Å². The third-order valence-corrected chi connectivity index (χ3v) is 6.02. The second-order valence-electron chi connectivity index (χ2n) is 7.01. The smallest absolute Gasteiger partial charge is 0.338 e. The lowest BCUT2D eigenvalue weighted by Gasteiger charge is -2.22. The Kier molecular flexibility index (Phi) is 6.61. The summed E-state index contributed by atoms with van der Waals surface area (Å²) in [6, 6.07) is 8.00. The van der Waals surface area contributed by atoms with Gasteiger partial charge in [-0.2, -0.15) is 0 Å². The van der Waals surface area contributed by atoms with Gasteiger partial charge in [0.1, 0.15) is 11.9 Å². The van der Waals surface area contributed by atoms with Crippen LogP contribution in [0.15, 0.2) is 30.5 Å². The molecule has 25 heavy (non-hydrogen) atoms. The second-order valence-corrected chi connectivity index (χ2v) is 8.97. The molecule has 5 nitrogen and oxygen atoms in total. The van der Waals surface area contributed by atoms with Crippen LogP contribution in [0.2, 0.25) is 0 Å². The van der Waals surface area contributed by atoms with Gasteiger partial charge < -0.3 is 14.0 Å². The molecule has 1 N–H and O–H groups in total. The van der Waals surface area contributed by atoms with Crippen molar-refractivity contribution in [2.45, 2.75) is 59.2 Å². The fraction of sp³-hybridized carbons (Fsp3) is 0.526. The Balaban J connectivity index is 2.08. The molecule has 2 aromatic rings. The minimum Gasteiger partial charge on any atom is -0.361 e. The van der Waals surface area contributed by atoms with Crippen LogP contribution in [-0.4, -0.2) is 29.1 Å². The standard InChI is InChI=1S/C19H28NO4P/c1-13(2)23-25(22,24-14(3)4)12-16(21)10-15(5)18-11-20-19-9-7-6-8-17(18)19/h6-9,11,13-15,20H,10,12H2,1-5H3/t15-/m0/s1. The largest absolute Gasteiger partial charge is 0.361 e. The average molecular weight is 365 g/mol. The first-order chi connectivity index (χ1) is 11.7. The van der Waals surface area contributed by atoms with E-state index in [0.29, 0.717) is 6.42 Å². The minimum absolute atomic E-state index is 0.0233. The van der Waals surface area contributed by atoms with Crippen LogP contribution in [0.4, 0.5) is 0 Å². The molecule has 1 heterocycles. The van der Waals surface area contributed by atoms with E-state index in [2.05, 4.69) is 4.98 Å². The second kappa shape index (κ2) is 8.31. The molecule has 138 valence electrons. The SMILES string of the molecule is CC(C)OP(=O)(CC(=O)C[C@H](C)c1c[nH]c2ccccc12)OC(C)C. The van der Waals surface area contributed by atoms with E-state index >= 15 is 0 Å². The van der Waals surface area contributed by atoms with Gasteiger partial charge >= 0.3 is 7.60 Å². The van der Waals surface area contributed by atoms with Gasteiger partial charge in [-0.3, -0.25) is 9.36 Å². The van der Waals surface area contributed by atoms with Crippen LogP contribution in [-0.2, 0) is 18.4 Å². The topological polar surface area (TPSA) is 68.4 Å². The van der Waals surface area contributed by atoms with E-state index in [0.717, 1.165) is 16.5 Å². The number of nitrogens with one attached hydrogen (secondary N) is 1. The van der Waals surface area contributed by atoms with Gasteiger partial charge in [-0.15, -0.1) is 0 Å². The highest BCUT2D eigenvalue weighted by atomic mass is 31.2. The number of hydrogen-bond donors (Lipinski definition) is 1. The summed E-state index contributed by atoms with van der Waals surface area (Å²) in [7, 11) is -3.43. The fourth-order valence-electron chi connectivity index (χ4n) is 2.98. The van der Waals surface area contributed by atoms with Gasteiger partial charge in [0.05, 0.1) is 12.2 Å². The Morgan fingerprint density at radius 3 is 2.28 bits per heavy atom. The number of Topliss-reactive ketones (excluding diaryl/α,β-unsaturated/α-hetero) is 1. The van der Waals surface area contributed by atoms with E-state index in [9.17, 15) is 9.36 Å². The van der Waals surface area contributed by atoms with Crippen LogP contribution < -0.4 is 0 Å². The molecule has 0 aliphatic carbocycles. The maximum atomic E-state index is 12.9. The van der Waals surface area contributed by atoms with E-state index in [4.69, 9.17) is 9.05 Å². The van der Waals surface area contributed by atoms with Crippen LogP contribution in [0.5, 0.6) is 0 Å². The van der Waals surface area contributed by atoms with Crippen molar-refractivity contribution in [1.29, 1.82) is 0 Å². The highest BCUT2D eigenvalue weighted by Crippen LogP contribution is 2.50. The number of fused-ring (bicyclic) bond motifs is 1. The fourth-order valence-corrected chi connectivity index (χ4v) is 5.02. The molecule has 0 bridgehead atoms. The zero-order valence-corrected chi connectivity index (χ0v) is 16.5. The quantitative estimate of drug-likeness (QED) is 0.614. The number of H-pyrrole nitrogens is 1. The maximum Gasteiger partial charge on any atom is 0.338 e. The summed E-state index contributed by atoms with van der Waals surface area (Å²) in [5.74, 6) is -0.0855. The molecule has 0 saturated carbocycles. The zero-order chi connectivity index (χ0) is 18.6. The number of para-hydroxylation sites is 1. The average Bonchev–Trinajstić information content (AvgIpc) is 2.88. The van der Waals surface area contributed by atoms with Crippen molar-refractivity contribution in [3.05, 3.63) is 36.0 Å². The van der Waals surface area contributed by atoms with Crippen molar-refractivity contribution in [2.75, 3.05) is 6.16 Å². The van der Waals surface area contributed by atoms with Crippen molar-refractivity contribution in [3.63, 3.8) is 0 Å². The first kappa shape index (κ1) is 19.9. The summed E-state index contributed by atoms with van der Waals surface area (Å²) in [6.45, 7) is 9.15. The lowest BCUT2D eigenvalue weighted by Crippen LogP contribution is -2.16. The highest BCUT2D eigenvalue weighted by molar-refractivity contribution is 7.54. The summed E-state index contributed by atoms with van der Waals surface area (Å²) in [5.41, 5.74) is 2.14. The molecule has 6 heteroatoms. The van der Waals surface area contributed by atoms with Crippen LogP contribution in [0.1, 0.15) is 52.5 Å². The number of ketones is 1. The molecular weight excluding hydrogens is 337 g/mol. The number of hydrogen-bond acceptors (Lipinski definition) is 4. The molecule has 1 aromatic heterocycles. The van der Waals surface area contributed by atoms with Gasteiger partial charge in [0.25, 0.3) is 0 Å². The third kappa shape index (κ3) is 5.53. The van der Waals surface area contributed by atoms with Crippen molar-refractivity contribution in [2.24, 2.45) is 0 Å². The Labute approximate surface area is 149 Å². The molecular formula is C19H28NO4P. The number of aromatic amines is 1. The molecule has 0 aliphatic rings. The summed E-state index contributed by atoms with van der Waals surface area (Å²) >= 11 is 0. The van der Waals surface area contributed by atoms with Gasteiger partial charge in [0.2, 0.25) is 0 Å². The molecule has 0 spiro atoms. The van der Waals surface area contributed by atoms with Gasteiger partial charge in [-0.1, -0.05) is 25.1 Å².